The predicted octanol–water partition coefficient (Wildman–Crippen LogP) is 9.49. The van der Waals surface area contributed by atoms with E-state index in [9.17, 15) is 0 Å². The zero-order valence-corrected chi connectivity index (χ0v) is 22.0. The number of rotatable bonds is 10. The van der Waals surface area contributed by atoms with Gasteiger partial charge in [-0.3, -0.25) is 0 Å². The lowest BCUT2D eigenvalue weighted by molar-refractivity contribution is 0.546. The fraction of sp³-hybridized carbons (Fsp3) is 0.533. The third-order valence-electron chi connectivity index (χ3n) is 7.11. The number of hydrogen-bond acceptors (Lipinski definition) is 1. The number of alkyl halides is 1. The van der Waals surface area contributed by atoms with Gasteiger partial charge < -0.3 is 5.32 Å². The van der Waals surface area contributed by atoms with Gasteiger partial charge in [0.15, 0.2) is 0 Å². The molecule has 0 amide bonds. The molecule has 2 heteroatoms. The van der Waals surface area contributed by atoms with Crippen LogP contribution in [0.15, 0.2) is 71.9 Å². The molecule has 1 aromatic carbocycles. The molecule has 2 aliphatic rings. The Kier molecular flexibility index (Phi) is 9.91. The van der Waals surface area contributed by atoms with Gasteiger partial charge in [0.1, 0.15) is 0 Å². The van der Waals surface area contributed by atoms with E-state index >= 15 is 0 Å². The molecule has 0 saturated carbocycles. The number of benzene rings is 1. The van der Waals surface area contributed by atoms with E-state index in [2.05, 4.69) is 97.2 Å². The van der Waals surface area contributed by atoms with E-state index in [0.29, 0.717) is 22.7 Å². The van der Waals surface area contributed by atoms with Gasteiger partial charge in [0.2, 0.25) is 0 Å². The first-order chi connectivity index (χ1) is 15.5. The highest BCUT2D eigenvalue weighted by Gasteiger charge is 2.22. The third kappa shape index (κ3) is 7.51. The highest BCUT2D eigenvalue weighted by Crippen LogP contribution is 2.34. The van der Waals surface area contributed by atoms with E-state index in [1.54, 1.807) is 0 Å². The zero-order valence-electron chi connectivity index (χ0n) is 20.4. The van der Waals surface area contributed by atoms with Gasteiger partial charge >= 0.3 is 0 Å². The highest BCUT2D eigenvalue weighted by molar-refractivity contribution is 9.09. The number of allylic oxidation sites excluding steroid dienone is 6. The quantitative estimate of drug-likeness (QED) is 0.147. The Balaban J connectivity index is 1.53. The van der Waals surface area contributed by atoms with Crippen molar-refractivity contribution < 1.29 is 0 Å². The van der Waals surface area contributed by atoms with Crippen molar-refractivity contribution in [3.63, 3.8) is 0 Å². The molecular weight excluding hydrogens is 454 g/mol. The Morgan fingerprint density at radius 3 is 2.50 bits per heavy atom. The van der Waals surface area contributed by atoms with Gasteiger partial charge in [0.25, 0.3) is 0 Å². The van der Waals surface area contributed by atoms with Crippen molar-refractivity contribution >= 4 is 21.6 Å². The van der Waals surface area contributed by atoms with Gasteiger partial charge in [-0.15, -0.1) is 0 Å². The molecule has 0 saturated heterocycles. The SMILES string of the molecule is C=C(/C=C(\C)C1CCC(Nc2ccc(C3C=CC(Br)CC3)cc2)C=C1C)CCCCCC. The summed E-state index contributed by atoms with van der Waals surface area (Å²) in [5, 5.41) is 3.75. The van der Waals surface area contributed by atoms with Crippen LogP contribution in [-0.4, -0.2) is 10.9 Å². The first kappa shape index (κ1) is 25.1. The van der Waals surface area contributed by atoms with E-state index in [1.807, 2.05) is 0 Å². The number of unbranched alkanes of at least 4 members (excludes halogenated alkanes) is 3. The van der Waals surface area contributed by atoms with Gasteiger partial charge in [-0.05, 0) is 70.1 Å². The first-order valence-electron chi connectivity index (χ1n) is 12.7. The summed E-state index contributed by atoms with van der Waals surface area (Å²) in [7, 11) is 0. The number of anilines is 1. The standard InChI is InChI=1S/C30H42BrN/c1-5-6-7-8-9-22(2)20-23(3)30-19-18-29(21-24(30)4)32-28-16-12-26(13-17-28)25-10-14-27(31)15-11-25/h10,12-14,16-17,20-21,25,27,29-30,32H,2,5-9,11,15,18-19H2,1,3-4H3/b23-20+. The van der Waals surface area contributed by atoms with Crippen LogP contribution in [-0.2, 0) is 0 Å². The topological polar surface area (TPSA) is 12.0 Å². The monoisotopic (exact) mass is 495 g/mol. The van der Waals surface area contributed by atoms with Crippen LogP contribution < -0.4 is 5.32 Å². The van der Waals surface area contributed by atoms with Crippen molar-refractivity contribution in [2.45, 2.75) is 95.3 Å². The van der Waals surface area contributed by atoms with Crippen LogP contribution >= 0.6 is 15.9 Å². The summed E-state index contributed by atoms with van der Waals surface area (Å²) in [4.78, 5) is 0.548. The summed E-state index contributed by atoms with van der Waals surface area (Å²) < 4.78 is 0. The Morgan fingerprint density at radius 1 is 1.06 bits per heavy atom. The van der Waals surface area contributed by atoms with Gasteiger partial charge in [-0.2, -0.15) is 0 Å². The Morgan fingerprint density at radius 2 is 1.84 bits per heavy atom. The van der Waals surface area contributed by atoms with Crippen LogP contribution in [0.3, 0.4) is 0 Å². The van der Waals surface area contributed by atoms with Crippen molar-refractivity contribution in [3.05, 3.63) is 77.4 Å². The van der Waals surface area contributed by atoms with Crippen LogP contribution in [0.1, 0.15) is 90.0 Å². The lowest BCUT2D eigenvalue weighted by Gasteiger charge is -2.29. The summed E-state index contributed by atoms with van der Waals surface area (Å²) in [5.74, 6) is 1.13. The fourth-order valence-electron chi connectivity index (χ4n) is 5.17. The van der Waals surface area contributed by atoms with E-state index in [4.69, 9.17) is 0 Å². The largest absolute Gasteiger partial charge is 0.379 e. The molecule has 0 aliphatic heterocycles. The molecule has 1 aromatic rings. The molecule has 0 aromatic heterocycles. The van der Waals surface area contributed by atoms with Gasteiger partial charge in [0, 0.05) is 28.4 Å². The summed E-state index contributed by atoms with van der Waals surface area (Å²) in [6.45, 7) is 11.2. The second-order valence-electron chi connectivity index (χ2n) is 9.86. The molecular formula is C30H42BrN. The Hall–Kier alpha value is -1.54. The zero-order chi connectivity index (χ0) is 22.9. The average Bonchev–Trinajstić information content (AvgIpc) is 2.78. The fourth-order valence-corrected chi connectivity index (χ4v) is 5.61. The Bertz CT molecular complexity index is 829. The van der Waals surface area contributed by atoms with Crippen LogP contribution in [0.5, 0.6) is 0 Å². The molecule has 32 heavy (non-hydrogen) atoms. The number of halogens is 1. The predicted molar refractivity (Wildman–Crippen MR) is 146 cm³/mol. The summed E-state index contributed by atoms with van der Waals surface area (Å²) in [6.07, 6.45) is 20.7. The third-order valence-corrected chi connectivity index (χ3v) is 7.87. The average molecular weight is 497 g/mol. The maximum atomic E-state index is 4.31. The second kappa shape index (κ2) is 12.6. The van der Waals surface area contributed by atoms with Crippen molar-refractivity contribution in [3.8, 4) is 0 Å². The molecule has 4 atom stereocenters. The van der Waals surface area contributed by atoms with E-state index < -0.39 is 0 Å². The molecule has 2 aliphatic carbocycles. The first-order valence-corrected chi connectivity index (χ1v) is 13.6. The van der Waals surface area contributed by atoms with Crippen molar-refractivity contribution in [1.29, 1.82) is 0 Å². The molecule has 0 bridgehead atoms. The normalized spacial score (nSPS) is 26.0. The van der Waals surface area contributed by atoms with Crippen LogP contribution in [0.4, 0.5) is 5.69 Å². The molecule has 1 nitrogen and oxygen atoms in total. The van der Waals surface area contributed by atoms with Crippen molar-refractivity contribution in [1.82, 2.24) is 0 Å². The molecule has 0 radical (unpaired) electrons. The van der Waals surface area contributed by atoms with Gasteiger partial charge in [-0.1, -0.05) is 102 Å². The number of nitrogens with one attached hydrogen (secondary N) is 1. The molecule has 1 N–H and O–H groups in total. The van der Waals surface area contributed by atoms with Crippen LogP contribution in [0.25, 0.3) is 0 Å². The summed E-state index contributed by atoms with van der Waals surface area (Å²) >= 11 is 3.69. The number of hydrogen-bond donors (Lipinski definition) is 1. The molecule has 0 heterocycles. The minimum atomic E-state index is 0.422. The van der Waals surface area contributed by atoms with Crippen LogP contribution in [0, 0.1) is 5.92 Å². The van der Waals surface area contributed by atoms with Gasteiger partial charge in [0.05, 0.1) is 0 Å². The minimum Gasteiger partial charge on any atom is -0.379 e. The molecule has 0 fully saturated rings. The highest BCUT2D eigenvalue weighted by atomic mass is 79.9. The smallest absolute Gasteiger partial charge is 0.0447 e. The minimum absolute atomic E-state index is 0.422. The second-order valence-corrected chi connectivity index (χ2v) is 11.0. The van der Waals surface area contributed by atoms with E-state index in [-0.39, 0.29) is 0 Å². The lowest BCUT2D eigenvalue weighted by atomic mass is 9.81. The maximum absolute atomic E-state index is 4.31. The summed E-state index contributed by atoms with van der Waals surface area (Å²) in [6, 6.07) is 9.53. The van der Waals surface area contributed by atoms with Gasteiger partial charge in [-0.25, -0.2) is 0 Å². The Labute approximate surface area is 205 Å². The van der Waals surface area contributed by atoms with Crippen molar-refractivity contribution in [2.24, 2.45) is 5.92 Å². The molecule has 174 valence electrons. The van der Waals surface area contributed by atoms with E-state index in [0.717, 1.165) is 6.42 Å². The van der Waals surface area contributed by atoms with Crippen molar-refractivity contribution in [2.75, 3.05) is 5.32 Å². The van der Waals surface area contributed by atoms with Crippen LogP contribution in [0.2, 0.25) is 0 Å². The molecule has 0 spiro atoms. The lowest BCUT2D eigenvalue weighted by Crippen LogP contribution is -2.24. The molecule has 4 unspecified atom stereocenters. The van der Waals surface area contributed by atoms with E-state index in [1.165, 1.54) is 79.3 Å². The molecule has 3 rings (SSSR count). The maximum Gasteiger partial charge on any atom is 0.0447 e. The summed E-state index contributed by atoms with van der Waals surface area (Å²) in [5.41, 5.74) is 6.93.